The minimum Gasteiger partial charge on any atom is -0.478 e. The molecule has 0 spiro atoms. The Morgan fingerprint density at radius 2 is 1.79 bits per heavy atom. The highest BCUT2D eigenvalue weighted by Crippen LogP contribution is 2.27. The molecule has 0 radical (unpaired) electrons. The first-order chi connectivity index (χ1) is 9.10. The van der Waals surface area contributed by atoms with Gasteiger partial charge in [0, 0.05) is 13.1 Å². The van der Waals surface area contributed by atoms with Crippen molar-refractivity contribution in [2.24, 2.45) is 0 Å². The number of aromatic carboxylic acids is 1. The predicted octanol–water partition coefficient (Wildman–Crippen LogP) is 4.44. The van der Waals surface area contributed by atoms with Gasteiger partial charge in [0.2, 0.25) is 0 Å². The molecule has 106 valence electrons. The SMILES string of the molecule is CCCCN(CCCC)c1ccc(C(=O)O)cc1Cl. The molecule has 0 aromatic heterocycles. The third kappa shape index (κ3) is 4.75. The number of carbonyl (C=O) groups is 1. The summed E-state index contributed by atoms with van der Waals surface area (Å²) >= 11 is 6.22. The Labute approximate surface area is 120 Å². The van der Waals surface area contributed by atoms with E-state index in [2.05, 4.69) is 18.7 Å². The van der Waals surface area contributed by atoms with Crippen LogP contribution in [-0.4, -0.2) is 24.2 Å². The van der Waals surface area contributed by atoms with Gasteiger partial charge < -0.3 is 10.0 Å². The maximum Gasteiger partial charge on any atom is 0.335 e. The van der Waals surface area contributed by atoms with Crippen molar-refractivity contribution in [2.75, 3.05) is 18.0 Å². The lowest BCUT2D eigenvalue weighted by molar-refractivity contribution is 0.0697. The average Bonchev–Trinajstić information content (AvgIpc) is 2.39. The smallest absolute Gasteiger partial charge is 0.335 e. The molecule has 4 heteroatoms. The van der Waals surface area contributed by atoms with Gasteiger partial charge in [-0.15, -0.1) is 0 Å². The fourth-order valence-corrected chi connectivity index (χ4v) is 2.25. The lowest BCUT2D eigenvalue weighted by Crippen LogP contribution is -2.26. The highest BCUT2D eigenvalue weighted by molar-refractivity contribution is 6.33. The Balaban J connectivity index is 2.90. The average molecular weight is 284 g/mol. The summed E-state index contributed by atoms with van der Waals surface area (Å²) in [7, 11) is 0. The largest absolute Gasteiger partial charge is 0.478 e. The molecule has 3 nitrogen and oxygen atoms in total. The van der Waals surface area contributed by atoms with Crippen LogP contribution in [0.1, 0.15) is 49.9 Å². The van der Waals surface area contributed by atoms with Gasteiger partial charge in [-0.05, 0) is 31.0 Å². The first-order valence-corrected chi connectivity index (χ1v) is 7.25. The van der Waals surface area contributed by atoms with Gasteiger partial charge in [-0.3, -0.25) is 0 Å². The summed E-state index contributed by atoms with van der Waals surface area (Å²) < 4.78 is 0. The van der Waals surface area contributed by atoms with Crippen LogP contribution in [0.4, 0.5) is 5.69 Å². The number of anilines is 1. The molecule has 0 aliphatic heterocycles. The molecule has 0 saturated heterocycles. The lowest BCUT2D eigenvalue weighted by atomic mass is 10.1. The zero-order chi connectivity index (χ0) is 14.3. The van der Waals surface area contributed by atoms with E-state index in [0.717, 1.165) is 44.5 Å². The molecule has 0 aliphatic carbocycles. The van der Waals surface area contributed by atoms with E-state index in [-0.39, 0.29) is 5.56 Å². The number of carboxylic acid groups (broad SMARTS) is 1. The molecule has 19 heavy (non-hydrogen) atoms. The van der Waals surface area contributed by atoms with Crippen molar-refractivity contribution in [1.82, 2.24) is 0 Å². The van der Waals surface area contributed by atoms with Gasteiger partial charge in [0.1, 0.15) is 0 Å². The second-order valence-electron chi connectivity index (χ2n) is 4.67. The van der Waals surface area contributed by atoms with Crippen LogP contribution in [0.15, 0.2) is 18.2 Å². The Morgan fingerprint density at radius 1 is 1.21 bits per heavy atom. The standard InChI is InChI=1S/C15H22ClNO2/c1-3-5-9-17(10-6-4-2)14-8-7-12(15(18)19)11-13(14)16/h7-8,11H,3-6,9-10H2,1-2H3,(H,18,19). The van der Waals surface area contributed by atoms with E-state index in [0.29, 0.717) is 5.02 Å². The molecule has 0 amide bonds. The van der Waals surface area contributed by atoms with E-state index in [1.54, 1.807) is 6.07 Å². The zero-order valence-corrected chi connectivity index (χ0v) is 12.4. The molecule has 0 bridgehead atoms. The minimum absolute atomic E-state index is 0.236. The van der Waals surface area contributed by atoms with Crippen LogP contribution in [0.2, 0.25) is 5.02 Å². The Hall–Kier alpha value is -1.22. The molecule has 1 aromatic rings. The molecule has 0 saturated carbocycles. The molecular formula is C15H22ClNO2. The Bertz CT molecular complexity index is 413. The summed E-state index contributed by atoms with van der Waals surface area (Å²) in [5.41, 5.74) is 1.17. The molecule has 1 aromatic carbocycles. The number of nitrogens with zero attached hydrogens (tertiary/aromatic N) is 1. The lowest BCUT2D eigenvalue weighted by Gasteiger charge is -2.25. The van der Waals surface area contributed by atoms with E-state index in [1.807, 2.05) is 6.07 Å². The monoisotopic (exact) mass is 283 g/mol. The van der Waals surface area contributed by atoms with Crippen LogP contribution in [0.5, 0.6) is 0 Å². The summed E-state index contributed by atoms with van der Waals surface area (Å²) in [5, 5.41) is 9.47. The molecule has 0 atom stereocenters. The van der Waals surface area contributed by atoms with Crippen molar-refractivity contribution in [3.8, 4) is 0 Å². The van der Waals surface area contributed by atoms with Crippen LogP contribution in [0, 0.1) is 0 Å². The molecular weight excluding hydrogens is 262 g/mol. The first kappa shape index (κ1) is 15.8. The highest BCUT2D eigenvalue weighted by atomic mass is 35.5. The van der Waals surface area contributed by atoms with Crippen LogP contribution >= 0.6 is 11.6 Å². The van der Waals surface area contributed by atoms with Gasteiger partial charge in [0.05, 0.1) is 16.3 Å². The highest BCUT2D eigenvalue weighted by Gasteiger charge is 2.12. The second kappa shape index (κ2) is 8.05. The zero-order valence-electron chi connectivity index (χ0n) is 11.7. The van der Waals surface area contributed by atoms with Crippen molar-refractivity contribution in [3.63, 3.8) is 0 Å². The number of rotatable bonds is 8. The molecule has 0 aliphatic rings. The quantitative estimate of drug-likeness (QED) is 0.766. The summed E-state index contributed by atoms with van der Waals surface area (Å²) in [5.74, 6) is -0.942. The van der Waals surface area contributed by atoms with Crippen molar-refractivity contribution in [1.29, 1.82) is 0 Å². The number of halogens is 1. The van der Waals surface area contributed by atoms with Crippen LogP contribution in [0.3, 0.4) is 0 Å². The maximum absolute atomic E-state index is 10.9. The number of carboxylic acids is 1. The van der Waals surface area contributed by atoms with Crippen molar-refractivity contribution in [2.45, 2.75) is 39.5 Å². The summed E-state index contributed by atoms with van der Waals surface area (Å²) in [6.45, 7) is 6.24. The van der Waals surface area contributed by atoms with E-state index in [9.17, 15) is 4.79 Å². The summed E-state index contributed by atoms with van der Waals surface area (Å²) in [6.07, 6.45) is 4.49. The Morgan fingerprint density at radius 3 is 2.21 bits per heavy atom. The van der Waals surface area contributed by atoms with Crippen molar-refractivity contribution >= 4 is 23.3 Å². The topological polar surface area (TPSA) is 40.5 Å². The molecule has 1 rings (SSSR count). The van der Waals surface area contributed by atoms with Crippen molar-refractivity contribution < 1.29 is 9.90 Å². The van der Waals surface area contributed by atoms with E-state index in [1.165, 1.54) is 6.07 Å². The number of unbranched alkanes of at least 4 members (excludes halogenated alkanes) is 2. The van der Waals surface area contributed by atoms with Crippen molar-refractivity contribution in [3.05, 3.63) is 28.8 Å². The van der Waals surface area contributed by atoms with Crippen LogP contribution in [0.25, 0.3) is 0 Å². The fraction of sp³-hybridized carbons (Fsp3) is 0.533. The van der Waals surface area contributed by atoms with E-state index in [4.69, 9.17) is 16.7 Å². The molecule has 0 unspecified atom stereocenters. The normalized spacial score (nSPS) is 10.5. The maximum atomic E-state index is 10.9. The van der Waals surface area contributed by atoms with Gasteiger partial charge in [-0.2, -0.15) is 0 Å². The molecule has 1 N–H and O–H groups in total. The van der Waals surface area contributed by atoms with E-state index >= 15 is 0 Å². The summed E-state index contributed by atoms with van der Waals surface area (Å²) in [4.78, 5) is 13.2. The van der Waals surface area contributed by atoms with Gasteiger partial charge in [-0.25, -0.2) is 4.79 Å². The summed E-state index contributed by atoms with van der Waals surface area (Å²) in [6, 6.07) is 4.97. The van der Waals surface area contributed by atoms with Gasteiger partial charge >= 0.3 is 5.97 Å². The fourth-order valence-electron chi connectivity index (χ4n) is 1.95. The number of hydrogen-bond acceptors (Lipinski definition) is 2. The van der Waals surface area contributed by atoms with Gasteiger partial charge in [-0.1, -0.05) is 38.3 Å². The second-order valence-corrected chi connectivity index (χ2v) is 5.07. The first-order valence-electron chi connectivity index (χ1n) is 6.88. The number of benzene rings is 1. The minimum atomic E-state index is -0.942. The van der Waals surface area contributed by atoms with Gasteiger partial charge in [0.25, 0.3) is 0 Å². The van der Waals surface area contributed by atoms with Crippen LogP contribution in [-0.2, 0) is 0 Å². The van der Waals surface area contributed by atoms with Gasteiger partial charge in [0.15, 0.2) is 0 Å². The molecule has 0 fully saturated rings. The molecule has 0 heterocycles. The van der Waals surface area contributed by atoms with Crippen LogP contribution < -0.4 is 4.90 Å². The third-order valence-electron chi connectivity index (χ3n) is 3.10. The Kier molecular flexibility index (Phi) is 6.71. The number of hydrogen-bond donors (Lipinski definition) is 1. The predicted molar refractivity (Wildman–Crippen MR) is 80.4 cm³/mol. The third-order valence-corrected chi connectivity index (χ3v) is 3.40. The van der Waals surface area contributed by atoms with E-state index < -0.39 is 5.97 Å².